The van der Waals surface area contributed by atoms with Gasteiger partial charge in [0.1, 0.15) is 0 Å². The number of likely N-dealkylation sites (tertiary alicyclic amines) is 2. The number of pyridine rings is 1. The first kappa shape index (κ1) is 17.2. The maximum absolute atomic E-state index is 13.3. The van der Waals surface area contributed by atoms with Gasteiger partial charge >= 0.3 is 0 Å². The molecule has 26 heavy (non-hydrogen) atoms. The number of piperidine rings is 1. The maximum atomic E-state index is 13.3. The molecule has 2 aliphatic rings. The van der Waals surface area contributed by atoms with E-state index in [4.69, 9.17) is 0 Å². The minimum absolute atomic E-state index is 0.176. The molecular formula is C22H27N3O. The number of nitrogens with zero attached hydrogens (tertiary/aromatic N) is 3. The Hall–Kier alpha value is -2.20. The summed E-state index contributed by atoms with van der Waals surface area (Å²) >= 11 is 0. The number of carbonyl (C=O) groups is 1. The molecule has 1 amide bonds. The molecule has 1 atom stereocenters. The third-order valence-electron chi connectivity index (χ3n) is 5.84. The lowest BCUT2D eigenvalue weighted by atomic mass is 9.78. The van der Waals surface area contributed by atoms with Gasteiger partial charge in [-0.25, -0.2) is 0 Å². The summed E-state index contributed by atoms with van der Waals surface area (Å²) in [6, 6.07) is 12.6. The smallest absolute Gasteiger partial charge is 0.230 e. The lowest BCUT2D eigenvalue weighted by Crippen LogP contribution is -2.49. The molecule has 0 N–H and O–H groups in total. The zero-order valence-corrected chi connectivity index (χ0v) is 15.5. The van der Waals surface area contributed by atoms with Gasteiger partial charge in [0.15, 0.2) is 0 Å². The molecule has 3 heterocycles. The lowest BCUT2D eigenvalue weighted by Gasteiger charge is -2.39. The first-order valence-electron chi connectivity index (χ1n) is 9.61. The van der Waals surface area contributed by atoms with Crippen LogP contribution in [-0.2, 0) is 17.9 Å². The zero-order valence-electron chi connectivity index (χ0n) is 15.5. The summed E-state index contributed by atoms with van der Waals surface area (Å²) in [5, 5.41) is 0. The molecule has 1 spiro atoms. The Morgan fingerprint density at radius 1 is 1.08 bits per heavy atom. The van der Waals surface area contributed by atoms with Crippen molar-refractivity contribution in [1.82, 2.24) is 14.8 Å². The topological polar surface area (TPSA) is 36.4 Å². The number of benzene rings is 1. The van der Waals surface area contributed by atoms with Gasteiger partial charge in [-0.15, -0.1) is 0 Å². The molecule has 0 radical (unpaired) electrons. The molecule has 0 bridgehead atoms. The van der Waals surface area contributed by atoms with Gasteiger partial charge in [-0.3, -0.25) is 14.7 Å². The Labute approximate surface area is 155 Å². The van der Waals surface area contributed by atoms with Crippen molar-refractivity contribution in [3.8, 4) is 0 Å². The Morgan fingerprint density at radius 3 is 2.77 bits per heavy atom. The van der Waals surface area contributed by atoms with E-state index in [1.807, 2.05) is 18.5 Å². The molecule has 2 saturated heterocycles. The van der Waals surface area contributed by atoms with E-state index in [1.165, 1.54) is 16.7 Å². The van der Waals surface area contributed by atoms with Crippen LogP contribution in [0.25, 0.3) is 0 Å². The van der Waals surface area contributed by atoms with Gasteiger partial charge in [0.25, 0.3) is 0 Å². The van der Waals surface area contributed by atoms with Crippen molar-refractivity contribution in [3.05, 3.63) is 65.5 Å². The fourth-order valence-corrected chi connectivity index (χ4v) is 4.56. The van der Waals surface area contributed by atoms with Crippen LogP contribution in [0.4, 0.5) is 0 Å². The predicted octanol–water partition coefficient (Wildman–Crippen LogP) is 3.40. The first-order chi connectivity index (χ1) is 12.6. The van der Waals surface area contributed by atoms with Crippen LogP contribution in [0, 0.1) is 12.3 Å². The Bertz CT molecular complexity index is 776. The molecule has 4 rings (SSSR count). The summed E-state index contributed by atoms with van der Waals surface area (Å²) in [5.41, 5.74) is 3.54. The van der Waals surface area contributed by atoms with Gasteiger partial charge in [-0.2, -0.15) is 0 Å². The average Bonchev–Trinajstić information content (AvgIpc) is 3.04. The number of aryl methyl sites for hydroxylation is 1. The van der Waals surface area contributed by atoms with Crippen molar-refractivity contribution < 1.29 is 4.79 Å². The number of amides is 1. The molecule has 4 nitrogen and oxygen atoms in total. The third-order valence-corrected chi connectivity index (χ3v) is 5.84. The van der Waals surface area contributed by atoms with Crippen molar-refractivity contribution >= 4 is 5.91 Å². The van der Waals surface area contributed by atoms with E-state index < -0.39 is 0 Å². The minimum atomic E-state index is -0.176. The van der Waals surface area contributed by atoms with Crippen LogP contribution in [0.15, 0.2) is 48.8 Å². The SMILES string of the molecule is Cc1cccc(CN2CCCC3(CCN(Cc4cccnc4)C3)C2=O)c1. The normalized spacial score (nSPS) is 23.7. The fraction of sp³-hybridized carbons (Fsp3) is 0.455. The highest BCUT2D eigenvalue weighted by Gasteiger charge is 2.48. The van der Waals surface area contributed by atoms with E-state index in [0.29, 0.717) is 5.91 Å². The quantitative estimate of drug-likeness (QED) is 0.849. The van der Waals surface area contributed by atoms with Gasteiger partial charge in [-0.1, -0.05) is 35.9 Å². The van der Waals surface area contributed by atoms with Crippen molar-refractivity contribution in [3.63, 3.8) is 0 Å². The number of rotatable bonds is 4. The number of hydrogen-bond acceptors (Lipinski definition) is 3. The molecule has 2 fully saturated rings. The molecule has 2 aromatic rings. The molecular weight excluding hydrogens is 322 g/mol. The second-order valence-electron chi connectivity index (χ2n) is 7.92. The number of aromatic nitrogens is 1. The molecule has 2 aliphatic heterocycles. The van der Waals surface area contributed by atoms with Gasteiger partial charge in [-0.05, 0) is 49.9 Å². The van der Waals surface area contributed by atoms with E-state index in [-0.39, 0.29) is 5.41 Å². The van der Waals surface area contributed by atoms with Crippen molar-refractivity contribution in [2.75, 3.05) is 19.6 Å². The molecule has 1 aromatic carbocycles. The summed E-state index contributed by atoms with van der Waals surface area (Å²) in [4.78, 5) is 22.0. The highest BCUT2D eigenvalue weighted by atomic mass is 16.2. The maximum Gasteiger partial charge on any atom is 0.230 e. The highest BCUT2D eigenvalue weighted by Crippen LogP contribution is 2.40. The molecule has 1 unspecified atom stereocenters. The third kappa shape index (κ3) is 3.51. The Morgan fingerprint density at radius 2 is 1.96 bits per heavy atom. The van der Waals surface area contributed by atoms with Crippen LogP contribution in [0.5, 0.6) is 0 Å². The van der Waals surface area contributed by atoms with Crippen LogP contribution in [0.3, 0.4) is 0 Å². The predicted molar refractivity (Wildman–Crippen MR) is 102 cm³/mol. The van der Waals surface area contributed by atoms with Crippen molar-refractivity contribution in [2.24, 2.45) is 5.41 Å². The van der Waals surface area contributed by atoms with Crippen LogP contribution in [-0.4, -0.2) is 40.3 Å². The minimum Gasteiger partial charge on any atom is -0.338 e. The van der Waals surface area contributed by atoms with Crippen LogP contribution < -0.4 is 0 Å². The molecule has 0 aliphatic carbocycles. The summed E-state index contributed by atoms with van der Waals surface area (Å²) < 4.78 is 0. The summed E-state index contributed by atoms with van der Waals surface area (Å²) in [5.74, 6) is 0.360. The van der Waals surface area contributed by atoms with Crippen LogP contribution in [0.2, 0.25) is 0 Å². The van der Waals surface area contributed by atoms with E-state index in [1.54, 1.807) is 0 Å². The van der Waals surface area contributed by atoms with E-state index in [9.17, 15) is 4.79 Å². The summed E-state index contributed by atoms with van der Waals surface area (Å²) in [7, 11) is 0. The second kappa shape index (κ2) is 7.20. The highest BCUT2D eigenvalue weighted by molar-refractivity contribution is 5.84. The van der Waals surface area contributed by atoms with Gasteiger partial charge in [0.2, 0.25) is 5.91 Å². The van der Waals surface area contributed by atoms with Gasteiger partial charge < -0.3 is 4.90 Å². The number of hydrogen-bond donors (Lipinski definition) is 0. The monoisotopic (exact) mass is 349 g/mol. The lowest BCUT2D eigenvalue weighted by molar-refractivity contribution is -0.146. The van der Waals surface area contributed by atoms with E-state index in [0.717, 1.165) is 52.0 Å². The molecule has 1 aromatic heterocycles. The number of carbonyl (C=O) groups excluding carboxylic acids is 1. The average molecular weight is 349 g/mol. The largest absolute Gasteiger partial charge is 0.338 e. The Kier molecular flexibility index (Phi) is 4.77. The first-order valence-corrected chi connectivity index (χ1v) is 9.61. The molecule has 136 valence electrons. The van der Waals surface area contributed by atoms with Crippen LogP contribution in [0.1, 0.15) is 36.0 Å². The molecule has 4 heteroatoms. The summed E-state index contributed by atoms with van der Waals surface area (Å²) in [6.45, 7) is 6.50. The van der Waals surface area contributed by atoms with Crippen molar-refractivity contribution in [2.45, 2.75) is 39.3 Å². The summed E-state index contributed by atoms with van der Waals surface area (Å²) in [6.07, 6.45) is 6.86. The fourth-order valence-electron chi connectivity index (χ4n) is 4.56. The molecule has 0 saturated carbocycles. The van der Waals surface area contributed by atoms with E-state index >= 15 is 0 Å². The van der Waals surface area contributed by atoms with Crippen molar-refractivity contribution in [1.29, 1.82) is 0 Å². The van der Waals surface area contributed by atoms with Crippen LogP contribution >= 0.6 is 0 Å². The standard InChI is InChI=1S/C22H27N3O/c1-18-5-2-6-19(13-18)16-25-11-4-8-22(21(25)26)9-12-24(17-22)15-20-7-3-10-23-14-20/h2-3,5-7,10,13-14H,4,8-9,11-12,15-17H2,1H3. The van der Waals surface area contributed by atoms with Gasteiger partial charge in [0, 0.05) is 38.6 Å². The zero-order chi connectivity index (χ0) is 18.0. The second-order valence-corrected chi connectivity index (χ2v) is 7.92. The Balaban J connectivity index is 1.44. The van der Waals surface area contributed by atoms with Gasteiger partial charge in [0.05, 0.1) is 5.41 Å². The van der Waals surface area contributed by atoms with E-state index in [2.05, 4.69) is 52.0 Å².